The van der Waals surface area contributed by atoms with Crippen LogP contribution in [0.3, 0.4) is 0 Å². The molecule has 1 amide bonds. The van der Waals surface area contributed by atoms with E-state index in [4.69, 9.17) is 9.47 Å². The summed E-state index contributed by atoms with van der Waals surface area (Å²) in [4.78, 5) is 12.0. The lowest BCUT2D eigenvalue weighted by Crippen LogP contribution is -2.25. The Morgan fingerprint density at radius 2 is 1.29 bits per heavy atom. The van der Waals surface area contributed by atoms with E-state index in [2.05, 4.69) is 60.8 Å². The van der Waals surface area contributed by atoms with Crippen molar-refractivity contribution in [3.8, 4) is 11.5 Å². The number of carbonyl (C=O) groups excluding carboxylic acids is 1. The van der Waals surface area contributed by atoms with Gasteiger partial charge in [0.15, 0.2) is 0 Å². The molecule has 0 radical (unpaired) electrons. The van der Waals surface area contributed by atoms with Crippen LogP contribution < -0.4 is 14.8 Å². The van der Waals surface area contributed by atoms with Gasteiger partial charge in [-0.05, 0) is 69.1 Å². The largest absolute Gasteiger partial charge is 0.497 e. The lowest BCUT2D eigenvalue weighted by atomic mass is 10.1. The van der Waals surface area contributed by atoms with Gasteiger partial charge < -0.3 is 14.8 Å². The van der Waals surface area contributed by atoms with Crippen LogP contribution >= 0.6 is 0 Å². The molecular formula is C30H45NO3. The molecule has 0 aromatic heterocycles. The molecule has 0 atom stereocenters. The zero-order valence-corrected chi connectivity index (χ0v) is 21.6. The molecule has 0 aliphatic carbocycles. The molecule has 34 heavy (non-hydrogen) atoms. The molecule has 0 fully saturated rings. The molecule has 0 aliphatic heterocycles. The van der Waals surface area contributed by atoms with Gasteiger partial charge in [-0.3, -0.25) is 4.79 Å². The van der Waals surface area contributed by atoms with E-state index in [1.165, 1.54) is 25.7 Å². The van der Waals surface area contributed by atoms with Gasteiger partial charge in [0.2, 0.25) is 5.91 Å². The zero-order valence-electron chi connectivity index (χ0n) is 21.6. The van der Waals surface area contributed by atoms with E-state index in [0.717, 1.165) is 55.6 Å². The van der Waals surface area contributed by atoms with Crippen LogP contribution in [0.5, 0.6) is 11.5 Å². The summed E-state index contributed by atoms with van der Waals surface area (Å²) in [5, 5.41) is 2.99. The Balaban J connectivity index is 2.04. The fraction of sp³-hybridized carbons (Fsp3) is 0.500. The van der Waals surface area contributed by atoms with Crippen molar-refractivity contribution in [3.63, 3.8) is 0 Å². The maximum Gasteiger partial charge on any atom is 0.220 e. The minimum atomic E-state index is 0.103. The summed E-state index contributed by atoms with van der Waals surface area (Å²) >= 11 is 0. The Bertz CT molecular complexity index is 755. The fourth-order valence-corrected chi connectivity index (χ4v) is 3.39. The predicted molar refractivity (Wildman–Crippen MR) is 145 cm³/mol. The van der Waals surface area contributed by atoms with Crippen LogP contribution in [0.15, 0.2) is 66.8 Å². The summed E-state index contributed by atoms with van der Waals surface area (Å²) in [5.74, 6) is 1.63. The average molecular weight is 468 g/mol. The number of carbonyl (C=O) groups is 1. The van der Waals surface area contributed by atoms with Crippen LogP contribution in [0, 0.1) is 0 Å². The number of methoxy groups -OCH3 is 2. The predicted octanol–water partition coefficient (Wildman–Crippen LogP) is 7.51. The highest BCUT2D eigenvalue weighted by atomic mass is 16.5. The SMILES string of the molecule is CCCCC/C=C\C/C=C\C/C=C\C/C=C\CCCC(=O)NCCc1cc(OC)cc(OC)c1. The molecule has 4 heteroatoms. The molecule has 0 saturated heterocycles. The van der Waals surface area contributed by atoms with E-state index in [1.807, 2.05) is 18.2 Å². The first kappa shape index (κ1) is 29.3. The molecule has 1 aromatic rings. The highest BCUT2D eigenvalue weighted by Crippen LogP contribution is 2.22. The van der Waals surface area contributed by atoms with Gasteiger partial charge in [0.1, 0.15) is 11.5 Å². The van der Waals surface area contributed by atoms with Crippen molar-refractivity contribution in [2.75, 3.05) is 20.8 Å². The summed E-state index contributed by atoms with van der Waals surface area (Å²) < 4.78 is 10.6. The first-order chi connectivity index (χ1) is 16.7. The van der Waals surface area contributed by atoms with Crippen LogP contribution in [0.1, 0.15) is 76.7 Å². The molecule has 0 bridgehead atoms. The normalized spacial score (nSPS) is 11.9. The van der Waals surface area contributed by atoms with Crippen molar-refractivity contribution in [2.45, 2.75) is 77.6 Å². The van der Waals surface area contributed by atoms with E-state index in [-0.39, 0.29) is 5.91 Å². The van der Waals surface area contributed by atoms with Crippen LogP contribution in [0.25, 0.3) is 0 Å². The zero-order chi connectivity index (χ0) is 24.7. The maximum absolute atomic E-state index is 12.0. The highest BCUT2D eigenvalue weighted by Gasteiger charge is 2.04. The molecule has 0 aliphatic rings. The third-order valence-electron chi connectivity index (χ3n) is 5.38. The summed E-state index contributed by atoms with van der Waals surface area (Å²) in [6.45, 7) is 2.85. The molecule has 4 nitrogen and oxygen atoms in total. The van der Waals surface area contributed by atoms with E-state index in [9.17, 15) is 4.79 Å². The second-order valence-electron chi connectivity index (χ2n) is 8.30. The second-order valence-corrected chi connectivity index (χ2v) is 8.30. The number of hydrogen-bond acceptors (Lipinski definition) is 3. The standard InChI is InChI=1S/C30H45NO3/c1-4-5-6-7-8-9-10-11-12-13-14-15-16-17-18-19-20-21-30(32)31-23-22-27-24-28(33-2)26-29(25-27)34-3/h8-9,11-12,14-15,17-18,24-26H,4-7,10,13,16,19-23H2,1-3H3,(H,31,32)/b9-8-,12-11-,15-14-,18-17-. The van der Waals surface area contributed by atoms with Crippen LogP contribution in [0.2, 0.25) is 0 Å². The fourth-order valence-electron chi connectivity index (χ4n) is 3.39. The minimum absolute atomic E-state index is 0.103. The van der Waals surface area contributed by atoms with Gasteiger partial charge in [0.25, 0.3) is 0 Å². The van der Waals surface area contributed by atoms with E-state index in [1.54, 1.807) is 14.2 Å². The van der Waals surface area contributed by atoms with Crippen molar-refractivity contribution in [1.82, 2.24) is 5.32 Å². The Morgan fingerprint density at radius 3 is 1.82 bits per heavy atom. The Kier molecular flexibility index (Phi) is 17.9. The molecular weight excluding hydrogens is 422 g/mol. The molecule has 0 saturated carbocycles. The first-order valence-corrected chi connectivity index (χ1v) is 12.8. The van der Waals surface area contributed by atoms with Gasteiger partial charge in [0, 0.05) is 19.0 Å². The van der Waals surface area contributed by atoms with E-state index >= 15 is 0 Å². The van der Waals surface area contributed by atoms with Crippen molar-refractivity contribution in [3.05, 3.63) is 72.4 Å². The van der Waals surface area contributed by atoms with Crippen LogP contribution in [0.4, 0.5) is 0 Å². The maximum atomic E-state index is 12.0. The van der Waals surface area contributed by atoms with Gasteiger partial charge >= 0.3 is 0 Å². The third kappa shape index (κ3) is 16.0. The van der Waals surface area contributed by atoms with Crippen LogP contribution in [-0.2, 0) is 11.2 Å². The number of rotatable bonds is 19. The third-order valence-corrected chi connectivity index (χ3v) is 5.38. The quantitative estimate of drug-likeness (QED) is 0.169. The number of hydrogen-bond donors (Lipinski definition) is 1. The summed E-state index contributed by atoms with van der Waals surface area (Å²) in [5.41, 5.74) is 1.08. The van der Waals surface area contributed by atoms with E-state index < -0.39 is 0 Å². The number of allylic oxidation sites excluding steroid dienone is 8. The lowest BCUT2D eigenvalue weighted by molar-refractivity contribution is -0.121. The number of benzene rings is 1. The number of unbranched alkanes of at least 4 members (excludes halogenated alkanes) is 4. The van der Waals surface area contributed by atoms with Crippen molar-refractivity contribution < 1.29 is 14.3 Å². The van der Waals surface area contributed by atoms with Gasteiger partial charge in [-0.2, -0.15) is 0 Å². The summed E-state index contributed by atoms with van der Waals surface area (Å²) in [6, 6.07) is 5.79. The molecule has 1 rings (SSSR count). The smallest absolute Gasteiger partial charge is 0.220 e. The molecule has 0 unspecified atom stereocenters. The second kappa shape index (κ2) is 20.8. The summed E-state index contributed by atoms with van der Waals surface area (Å²) in [7, 11) is 3.28. The van der Waals surface area contributed by atoms with Gasteiger partial charge in [-0.1, -0.05) is 68.4 Å². The molecule has 188 valence electrons. The van der Waals surface area contributed by atoms with Gasteiger partial charge in [-0.25, -0.2) is 0 Å². The van der Waals surface area contributed by atoms with Gasteiger partial charge in [-0.15, -0.1) is 0 Å². The van der Waals surface area contributed by atoms with E-state index in [0.29, 0.717) is 13.0 Å². The Labute approximate surface area is 207 Å². The lowest BCUT2D eigenvalue weighted by Gasteiger charge is -2.09. The number of ether oxygens (including phenoxy) is 2. The summed E-state index contributed by atoms with van der Waals surface area (Å²) in [6.07, 6.45) is 28.9. The van der Waals surface area contributed by atoms with Gasteiger partial charge in [0.05, 0.1) is 14.2 Å². The minimum Gasteiger partial charge on any atom is -0.497 e. The molecule has 1 N–H and O–H groups in total. The average Bonchev–Trinajstić information content (AvgIpc) is 2.85. The molecule has 0 spiro atoms. The monoisotopic (exact) mass is 467 g/mol. The molecule has 0 heterocycles. The van der Waals surface area contributed by atoms with Crippen molar-refractivity contribution in [2.24, 2.45) is 0 Å². The van der Waals surface area contributed by atoms with Crippen molar-refractivity contribution >= 4 is 5.91 Å². The van der Waals surface area contributed by atoms with Crippen LogP contribution in [-0.4, -0.2) is 26.7 Å². The Hall–Kier alpha value is -2.75. The Morgan fingerprint density at radius 1 is 0.765 bits per heavy atom. The van der Waals surface area contributed by atoms with Crippen molar-refractivity contribution in [1.29, 1.82) is 0 Å². The highest BCUT2D eigenvalue weighted by molar-refractivity contribution is 5.75. The number of amides is 1. The molecule has 1 aromatic carbocycles. The number of nitrogens with one attached hydrogen (secondary N) is 1. The topological polar surface area (TPSA) is 47.6 Å². The first-order valence-electron chi connectivity index (χ1n) is 12.8.